The second-order valence-electron chi connectivity index (χ2n) is 5.69. The lowest BCUT2D eigenvalue weighted by Gasteiger charge is -2.14. The number of benzene rings is 2. The van der Waals surface area contributed by atoms with Crippen molar-refractivity contribution in [3.63, 3.8) is 0 Å². The maximum atomic E-state index is 12.3. The Labute approximate surface area is 153 Å². The van der Waals surface area contributed by atoms with E-state index in [2.05, 4.69) is 18.6 Å². The molecule has 0 aliphatic rings. The molecule has 0 aromatic heterocycles. The first-order chi connectivity index (χ1) is 11.8. The molecule has 0 amide bonds. The number of nitriles is 1. The lowest BCUT2D eigenvalue weighted by Crippen LogP contribution is -2.28. The van der Waals surface area contributed by atoms with E-state index in [1.54, 1.807) is 0 Å². The van der Waals surface area contributed by atoms with Crippen LogP contribution in [0.1, 0.15) is 30.9 Å². The highest BCUT2D eigenvalue weighted by Gasteiger charge is 2.15. The first kappa shape index (κ1) is 19.3. The first-order valence-corrected chi connectivity index (χ1v) is 9.62. The van der Waals surface area contributed by atoms with Crippen molar-refractivity contribution in [2.45, 2.75) is 24.7 Å². The second kappa shape index (κ2) is 8.34. The Morgan fingerprint density at radius 3 is 2.60 bits per heavy atom. The highest BCUT2D eigenvalue weighted by Crippen LogP contribution is 2.25. The molecule has 0 saturated carbocycles. The minimum absolute atomic E-state index is 0.0130. The molecule has 0 heterocycles. The fourth-order valence-corrected chi connectivity index (χ4v) is 3.59. The monoisotopic (exact) mass is 378 g/mol. The molecule has 25 heavy (non-hydrogen) atoms. The quantitative estimate of drug-likeness (QED) is 0.745. The van der Waals surface area contributed by atoms with Gasteiger partial charge in [-0.05, 0) is 35.7 Å². The summed E-state index contributed by atoms with van der Waals surface area (Å²) in [4.78, 5) is 0.0130. The van der Waals surface area contributed by atoms with Gasteiger partial charge in [0.05, 0.1) is 15.5 Å². The van der Waals surface area contributed by atoms with Crippen LogP contribution in [-0.4, -0.2) is 21.6 Å². The van der Waals surface area contributed by atoms with E-state index in [1.165, 1.54) is 18.2 Å². The summed E-state index contributed by atoms with van der Waals surface area (Å²) in [5.74, 6) is 1.06. The highest BCUT2D eigenvalue weighted by molar-refractivity contribution is 7.89. The van der Waals surface area contributed by atoms with E-state index in [1.807, 2.05) is 30.3 Å². The molecule has 132 valence electrons. The molecule has 0 spiro atoms. The predicted octanol–water partition coefficient (Wildman–Crippen LogP) is 3.69. The van der Waals surface area contributed by atoms with Gasteiger partial charge in [-0.25, -0.2) is 13.1 Å². The van der Waals surface area contributed by atoms with Gasteiger partial charge in [-0.3, -0.25) is 0 Å². The third-order valence-corrected chi connectivity index (χ3v) is 5.34. The molecule has 0 aliphatic carbocycles. The fraction of sp³-hybridized carbons (Fsp3) is 0.278. The number of sulfonamides is 1. The maximum Gasteiger partial charge on any atom is 0.240 e. The van der Waals surface area contributed by atoms with Crippen LogP contribution in [0.4, 0.5) is 0 Å². The number of nitrogens with one attached hydrogen (secondary N) is 1. The molecule has 2 aromatic carbocycles. The van der Waals surface area contributed by atoms with Crippen molar-refractivity contribution in [1.82, 2.24) is 4.72 Å². The molecule has 0 bridgehead atoms. The molecule has 0 saturated heterocycles. The van der Waals surface area contributed by atoms with Gasteiger partial charge < -0.3 is 4.74 Å². The predicted molar refractivity (Wildman–Crippen MR) is 97.4 cm³/mol. The van der Waals surface area contributed by atoms with Gasteiger partial charge in [-0.1, -0.05) is 43.6 Å². The Morgan fingerprint density at radius 1 is 1.24 bits per heavy atom. The first-order valence-electron chi connectivity index (χ1n) is 7.76. The molecule has 2 rings (SSSR count). The van der Waals surface area contributed by atoms with Crippen molar-refractivity contribution in [2.24, 2.45) is 0 Å². The number of halogens is 1. The second-order valence-corrected chi connectivity index (χ2v) is 7.87. The normalized spacial score (nSPS) is 11.3. The minimum atomic E-state index is -3.71. The Morgan fingerprint density at radius 2 is 1.96 bits per heavy atom. The molecule has 7 heteroatoms. The van der Waals surface area contributed by atoms with Gasteiger partial charge in [0.1, 0.15) is 18.4 Å². The average molecular weight is 379 g/mol. The Balaban J connectivity index is 1.98. The van der Waals surface area contributed by atoms with E-state index in [4.69, 9.17) is 21.6 Å². The molecule has 0 atom stereocenters. The van der Waals surface area contributed by atoms with E-state index in [0.717, 1.165) is 11.3 Å². The Bertz CT molecular complexity index is 889. The fourth-order valence-electron chi connectivity index (χ4n) is 2.26. The van der Waals surface area contributed by atoms with Crippen molar-refractivity contribution in [3.05, 3.63) is 58.6 Å². The Kier molecular flexibility index (Phi) is 6.43. The van der Waals surface area contributed by atoms with Gasteiger partial charge >= 0.3 is 0 Å². The highest BCUT2D eigenvalue weighted by atomic mass is 35.5. The lowest BCUT2D eigenvalue weighted by atomic mass is 10.0. The minimum Gasteiger partial charge on any atom is -0.492 e. The van der Waals surface area contributed by atoms with E-state index < -0.39 is 10.0 Å². The molecule has 2 aromatic rings. The third-order valence-electron chi connectivity index (χ3n) is 3.56. The number of rotatable bonds is 7. The van der Waals surface area contributed by atoms with Crippen molar-refractivity contribution < 1.29 is 13.2 Å². The molecule has 0 unspecified atom stereocenters. The van der Waals surface area contributed by atoms with E-state index >= 15 is 0 Å². The number of hydrogen-bond acceptors (Lipinski definition) is 4. The number of nitrogens with zero attached hydrogens (tertiary/aromatic N) is 1. The summed E-state index contributed by atoms with van der Waals surface area (Å²) in [7, 11) is -3.71. The molecule has 1 N–H and O–H groups in total. The summed E-state index contributed by atoms with van der Waals surface area (Å²) < 4.78 is 32.7. The molecular formula is C18H19ClN2O3S. The molecule has 0 radical (unpaired) electrons. The van der Waals surface area contributed by atoms with Crippen molar-refractivity contribution >= 4 is 21.6 Å². The van der Waals surface area contributed by atoms with Crippen LogP contribution in [0.2, 0.25) is 5.02 Å². The van der Waals surface area contributed by atoms with E-state index in [-0.39, 0.29) is 28.6 Å². The number of hydrogen-bond donors (Lipinski definition) is 1. The summed E-state index contributed by atoms with van der Waals surface area (Å²) in [6.07, 6.45) is 0. The van der Waals surface area contributed by atoms with Crippen LogP contribution in [0.3, 0.4) is 0 Å². The van der Waals surface area contributed by atoms with Gasteiger partial charge in [0.15, 0.2) is 0 Å². The maximum absolute atomic E-state index is 12.3. The molecule has 0 fully saturated rings. The van der Waals surface area contributed by atoms with Crippen LogP contribution in [0.25, 0.3) is 0 Å². The van der Waals surface area contributed by atoms with Crippen molar-refractivity contribution in [2.75, 3.05) is 13.2 Å². The average Bonchev–Trinajstić information content (AvgIpc) is 2.59. The summed E-state index contributed by atoms with van der Waals surface area (Å²) in [6.45, 7) is 4.46. The SMILES string of the molecule is CC(C)c1ccccc1OCCNS(=O)(=O)c1ccc(C#N)c(Cl)c1. The zero-order valence-corrected chi connectivity index (χ0v) is 15.6. The van der Waals surface area contributed by atoms with Gasteiger partial charge in [-0.2, -0.15) is 5.26 Å². The molecule has 5 nitrogen and oxygen atoms in total. The smallest absolute Gasteiger partial charge is 0.240 e. The van der Waals surface area contributed by atoms with Crippen LogP contribution < -0.4 is 9.46 Å². The van der Waals surface area contributed by atoms with Crippen LogP contribution in [-0.2, 0) is 10.0 Å². The van der Waals surface area contributed by atoms with Crippen LogP contribution in [0.15, 0.2) is 47.4 Å². The van der Waals surface area contributed by atoms with Gasteiger partial charge in [-0.15, -0.1) is 0 Å². The van der Waals surface area contributed by atoms with Crippen molar-refractivity contribution in [1.29, 1.82) is 5.26 Å². The largest absolute Gasteiger partial charge is 0.492 e. The van der Waals surface area contributed by atoms with Crippen LogP contribution in [0, 0.1) is 11.3 Å². The zero-order valence-electron chi connectivity index (χ0n) is 14.0. The molecule has 0 aliphatic heterocycles. The number of ether oxygens (including phenoxy) is 1. The molecular weight excluding hydrogens is 360 g/mol. The Hall–Kier alpha value is -2.07. The van der Waals surface area contributed by atoms with Gasteiger partial charge in [0, 0.05) is 6.54 Å². The zero-order chi connectivity index (χ0) is 18.4. The third kappa shape index (κ3) is 4.95. The summed E-state index contributed by atoms with van der Waals surface area (Å²) in [5.41, 5.74) is 1.30. The number of para-hydroxylation sites is 1. The van der Waals surface area contributed by atoms with Crippen LogP contribution >= 0.6 is 11.6 Å². The van der Waals surface area contributed by atoms with E-state index in [9.17, 15) is 8.42 Å². The lowest BCUT2D eigenvalue weighted by molar-refractivity contribution is 0.318. The van der Waals surface area contributed by atoms with Gasteiger partial charge in [0.25, 0.3) is 0 Å². The van der Waals surface area contributed by atoms with Crippen molar-refractivity contribution in [3.8, 4) is 11.8 Å². The standard InChI is InChI=1S/C18H19ClN2O3S/c1-13(2)16-5-3-4-6-18(16)24-10-9-21-25(22,23)15-8-7-14(12-20)17(19)11-15/h3-8,11,13,21H,9-10H2,1-2H3. The van der Waals surface area contributed by atoms with E-state index in [0.29, 0.717) is 5.92 Å². The van der Waals surface area contributed by atoms with Gasteiger partial charge in [0.2, 0.25) is 10.0 Å². The summed E-state index contributed by atoms with van der Waals surface area (Å²) >= 11 is 5.88. The van der Waals surface area contributed by atoms with Crippen LogP contribution in [0.5, 0.6) is 5.75 Å². The topological polar surface area (TPSA) is 79.2 Å². The summed E-state index contributed by atoms with van der Waals surface area (Å²) in [6, 6.07) is 13.6. The summed E-state index contributed by atoms with van der Waals surface area (Å²) in [5, 5.41) is 8.94.